The fourth-order valence-corrected chi connectivity index (χ4v) is 6.30. The molecule has 5 heteroatoms. The van der Waals surface area contributed by atoms with Crippen molar-refractivity contribution in [3.05, 3.63) is 95.2 Å². The largest absolute Gasteiger partial charge is 0.257 e. The topological polar surface area (TPSA) is 30.7 Å². The van der Waals surface area contributed by atoms with Gasteiger partial charge in [0, 0.05) is 16.6 Å². The first-order chi connectivity index (χ1) is 12.4. The molecule has 25 heavy (non-hydrogen) atoms. The van der Waals surface area contributed by atoms with Crippen molar-refractivity contribution in [1.82, 2.24) is 14.8 Å². The van der Waals surface area contributed by atoms with Gasteiger partial charge in [-0.05, 0) is 28.1 Å². The Morgan fingerprint density at radius 2 is 1.72 bits per heavy atom. The van der Waals surface area contributed by atoms with E-state index in [2.05, 4.69) is 82.2 Å². The molecule has 0 N–H and O–H groups in total. The molecule has 4 aromatic rings. The maximum absolute atomic E-state index is 4.26. The molecule has 2 aromatic heterocycles. The molecule has 0 aliphatic heterocycles. The minimum atomic E-state index is -0.415. The van der Waals surface area contributed by atoms with Gasteiger partial charge in [-0.15, -0.1) is 11.3 Å². The second-order valence-corrected chi connectivity index (χ2v) is 8.82. The van der Waals surface area contributed by atoms with Gasteiger partial charge in [0.1, 0.15) is 12.7 Å². The van der Waals surface area contributed by atoms with Crippen LogP contribution in [-0.2, 0) is 6.17 Å². The van der Waals surface area contributed by atoms with Gasteiger partial charge in [0.2, 0.25) is 0 Å². The van der Waals surface area contributed by atoms with Crippen molar-refractivity contribution in [1.29, 1.82) is 0 Å². The zero-order valence-corrected chi connectivity index (χ0v) is 16.1. The maximum Gasteiger partial charge on any atom is 0.137 e. The lowest BCUT2D eigenvalue weighted by Crippen LogP contribution is -2.16. The van der Waals surface area contributed by atoms with Gasteiger partial charge in [0.25, 0.3) is 0 Å². The predicted molar refractivity (Wildman–Crippen MR) is 107 cm³/mol. The third-order valence-electron chi connectivity index (χ3n) is 4.42. The minimum Gasteiger partial charge on any atom is -0.257 e. The van der Waals surface area contributed by atoms with Crippen molar-refractivity contribution < 1.29 is 0 Å². The van der Waals surface area contributed by atoms with Crippen molar-refractivity contribution in [2.75, 3.05) is 0 Å². The van der Waals surface area contributed by atoms with E-state index in [-0.39, 0.29) is 0 Å². The fourth-order valence-electron chi connectivity index (χ4n) is 3.11. The van der Waals surface area contributed by atoms with E-state index in [0.29, 0.717) is 5.54 Å². The van der Waals surface area contributed by atoms with E-state index in [1.54, 1.807) is 6.33 Å². The van der Waals surface area contributed by atoms with Gasteiger partial charge in [-0.2, -0.15) is 5.10 Å². The number of hydrogen-bond donors (Lipinski definition) is 0. The van der Waals surface area contributed by atoms with Crippen molar-refractivity contribution >= 4 is 20.9 Å². The first kappa shape index (κ1) is 16.0. The minimum absolute atomic E-state index is 0.415. The summed E-state index contributed by atoms with van der Waals surface area (Å²) in [5.74, 6) is 0. The summed E-state index contributed by atoms with van der Waals surface area (Å²) in [5, 5.41) is 6.43. The fraction of sp³-hybridized carbons (Fsp3) is 0.100. The highest BCUT2D eigenvalue weighted by Crippen LogP contribution is 2.29. The summed E-state index contributed by atoms with van der Waals surface area (Å²) in [4.78, 5) is 5.52. The SMILES string of the molecule is c1ccc(-c2ccc(C([SiH2]Cn3cncn3)c3cccs3)cc2)cc1. The van der Waals surface area contributed by atoms with Gasteiger partial charge in [0.05, 0.1) is 9.52 Å². The number of thiophene rings is 1. The van der Waals surface area contributed by atoms with Crippen LogP contribution in [0.25, 0.3) is 11.1 Å². The normalized spacial score (nSPS) is 12.6. The molecule has 0 fully saturated rings. The zero-order valence-electron chi connectivity index (χ0n) is 13.8. The van der Waals surface area contributed by atoms with Crippen molar-refractivity contribution in [2.45, 2.75) is 11.7 Å². The molecular formula is C20H19N3SSi. The van der Waals surface area contributed by atoms with Crippen LogP contribution in [0.5, 0.6) is 0 Å². The summed E-state index contributed by atoms with van der Waals surface area (Å²) >= 11 is 1.85. The standard InChI is InChI=1S/C20H19N3SSi/c1-2-5-16(6-3-1)17-8-10-18(11-9-17)20(19-7-4-12-24-19)25-15-23-14-21-13-22-23/h1-14,20H,15,25H2. The van der Waals surface area contributed by atoms with Crippen LogP contribution in [0.1, 0.15) is 16.0 Å². The Morgan fingerprint density at radius 1 is 0.920 bits per heavy atom. The van der Waals surface area contributed by atoms with Crippen LogP contribution in [0.3, 0.4) is 0 Å². The highest BCUT2D eigenvalue weighted by molar-refractivity contribution is 7.10. The molecule has 0 radical (unpaired) electrons. The van der Waals surface area contributed by atoms with Crippen LogP contribution in [0, 0.1) is 0 Å². The Morgan fingerprint density at radius 3 is 2.40 bits per heavy atom. The first-order valence-corrected chi connectivity index (χ1v) is 11.1. The smallest absolute Gasteiger partial charge is 0.137 e. The molecule has 4 rings (SSSR count). The van der Waals surface area contributed by atoms with Crippen LogP contribution in [-0.4, -0.2) is 24.3 Å². The van der Waals surface area contributed by atoms with Crippen LogP contribution in [0.15, 0.2) is 84.8 Å². The third kappa shape index (κ3) is 3.78. The molecule has 0 spiro atoms. The lowest BCUT2D eigenvalue weighted by Gasteiger charge is -2.16. The molecule has 2 heterocycles. The summed E-state index contributed by atoms with van der Waals surface area (Å²) in [6.45, 7) is 0. The number of hydrogen-bond acceptors (Lipinski definition) is 3. The maximum atomic E-state index is 4.26. The van der Waals surface area contributed by atoms with Gasteiger partial charge in [-0.1, -0.05) is 60.7 Å². The first-order valence-electron chi connectivity index (χ1n) is 8.41. The summed E-state index contributed by atoms with van der Waals surface area (Å²) in [6, 6.07) is 24.0. The van der Waals surface area contributed by atoms with Gasteiger partial charge < -0.3 is 0 Å². The van der Waals surface area contributed by atoms with E-state index in [9.17, 15) is 0 Å². The Balaban J connectivity index is 1.58. The summed E-state index contributed by atoms with van der Waals surface area (Å²) < 4.78 is 1.96. The summed E-state index contributed by atoms with van der Waals surface area (Å²) in [7, 11) is -0.415. The molecule has 1 atom stereocenters. The molecule has 1 unspecified atom stereocenters. The van der Waals surface area contributed by atoms with Crippen LogP contribution < -0.4 is 0 Å². The monoisotopic (exact) mass is 361 g/mol. The number of rotatable bonds is 6. The second-order valence-electron chi connectivity index (χ2n) is 6.00. The molecule has 0 amide bonds. The predicted octanol–water partition coefficient (Wildman–Crippen LogP) is 3.92. The van der Waals surface area contributed by atoms with Gasteiger partial charge in [-0.25, -0.2) is 4.98 Å². The summed E-state index contributed by atoms with van der Waals surface area (Å²) in [6.07, 6.45) is 4.43. The van der Waals surface area contributed by atoms with E-state index >= 15 is 0 Å². The van der Waals surface area contributed by atoms with Gasteiger partial charge >= 0.3 is 0 Å². The molecular weight excluding hydrogens is 342 g/mol. The Bertz CT molecular complexity index is 888. The molecule has 0 aliphatic rings. The Labute approximate surface area is 153 Å². The van der Waals surface area contributed by atoms with E-state index in [0.717, 1.165) is 6.17 Å². The van der Waals surface area contributed by atoms with Gasteiger partial charge in [-0.3, -0.25) is 4.68 Å². The molecule has 3 nitrogen and oxygen atoms in total. The Kier molecular flexibility index (Phi) is 4.85. The molecule has 0 saturated heterocycles. The molecule has 0 saturated carbocycles. The highest BCUT2D eigenvalue weighted by Gasteiger charge is 2.16. The van der Waals surface area contributed by atoms with E-state index < -0.39 is 9.52 Å². The highest BCUT2D eigenvalue weighted by atomic mass is 32.1. The summed E-state index contributed by atoms with van der Waals surface area (Å²) in [5.41, 5.74) is 4.47. The van der Waals surface area contributed by atoms with E-state index in [4.69, 9.17) is 0 Å². The Hall–Kier alpha value is -2.50. The quantitative estimate of drug-likeness (QED) is 0.487. The number of aromatic nitrogens is 3. The molecule has 124 valence electrons. The van der Waals surface area contributed by atoms with Crippen LogP contribution in [0.2, 0.25) is 0 Å². The van der Waals surface area contributed by atoms with Crippen LogP contribution in [0.4, 0.5) is 0 Å². The zero-order chi connectivity index (χ0) is 16.9. The molecule has 2 aromatic carbocycles. The number of benzene rings is 2. The molecule has 0 bridgehead atoms. The lowest BCUT2D eigenvalue weighted by molar-refractivity contribution is 0.731. The average Bonchev–Trinajstić information content (AvgIpc) is 3.37. The number of nitrogens with zero attached hydrogens (tertiary/aromatic N) is 3. The van der Waals surface area contributed by atoms with Crippen molar-refractivity contribution in [3.8, 4) is 11.1 Å². The van der Waals surface area contributed by atoms with Crippen LogP contribution >= 0.6 is 11.3 Å². The second kappa shape index (κ2) is 7.59. The molecule has 0 aliphatic carbocycles. The van der Waals surface area contributed by atoms with E-state index in [1.807, 2.05) is 22.3 Å². The van der Waals surface area contributed by atoms with E-state index in [1.165, 1.54) is 21.6 Å². The van der Waals surface area contributed by atoms with Crippen molar-refractivity contribution in [2.24, 2.45) is 0 Å². The average molecular weight is 362 g/mol. The lowest BCUT2D eigenvalue weighted by atomic mass is 10.0. The van der Waals surface area contributed by atoms with Gasteiger partial charge in [0.15, 0.2) is 0 Å². The van der Waals surface area contributed by atoms with Crippen molar-refractivity contribution in [3.63, 3.8) is 0 Å². The third-order valence-corrected chi connectivity index (χ3v) is 7.91.